The van der Waals surface area contributed by atoms with Crippen LogP contribution in [-0.2, 0) is 0 Å². The van der Waals surface area contributed by atoms with Gasteiger partial charge in [0, 0.05) is 0 Å². The van der Waals surface area contributed by atoms with Gasteiger partial charge in [-0.15, -0.1) is 0 Å². The molecule has 0 saturated carbocycles. The highest BCUT2D eigenvalue weighted by molar-refractivity contribution is 6.40. The number of aromatic carboxylic acids is 1. The monoisotopic (exact) mass is 314 g/mol. The van der Waals surface area contributed by atoms with Crippen molar-refractivity contribution in [2.45, 2.75) is 6.92 Å². The first-order valence-electron chi connectivity index (χ1n) is 5.35. The molecule has 1 aromatic heterocycles. The molecule has 0 atom stereocenters. The SMILES string of the molecule is Cc1oncc1C(=O)Nc1c(Cl)cc(C(=O)O)cc1Cl. The topological polar surface area (TPSA) is 92.4 Å². The van der Waals surface area contributed by atoms with E-state index in [4.69, 9.17) is 32.8 Å². The number of amides is 1. The van der Waals surface area contributed by atoms with E-state index < -0.39 is 11.9 Å². The lowest BCUT2D eigenvalue weighted by atomic mass is 10.2. The fourth-order valence-electron chi connectivity index (χ4n) is 1.51. The van der Waals surface area contributed by atoms with Crippen LogP contribution in [0.5, 0.6) is 0 Å². The third-order valence-electron chi connectivity index (χ3n) is 2.52. The Hall–Kier alpha value is -2.05. The van der Waals surface area contributed by atoms with E-state index in [1.807, 2.05) is 0 Å². The molecule has 104 valence electrons. The van der Waals surface area contributed by atoms with E-state index in [1.165, 1.54) is 18.3 Å². The molecule has 0 fully saturated rings. The molecule has 1 aromatic carbocycles. The Kier molecular flexibility index (Phi) is 3.96. The Morgan fingerprint density at radius 1 is 1.30 bits per heavy atom. The van der Waals surface area contributed by atoms with Gasteiger partial charge in [-0.3, -0.25) is 4.79 Å². The van der Waals surface area contributed by atoms with Crippen LogP contribution in [0, 0.1) is 6.92 Å². The lowest BCUT2D eigenvalue weighted by Gasteiger charge is -2.09. The molecule has 0 bridgehead atoms. The standard InChI is InChI=1S/C12H8Cl2N2O4/c1-5-7(4-15-20-5)11(17)16-10-8(13)2-6(12(18)19)3-9(10)14/h2-4H,1H3,(H,16,17)(H,18,19). The quantitative estimate of drug-likeness (QED) is 0.907. The number of carboxylic acid groups (broad SMARTS) is 1. The first-order chi connectivity index (χ1) is 9.40. The van der Waals surface area contributed by atoms with Gasteiger partial charge < -0.3 is 14.9 Å². The summed E-state index contributed by atoms with van der Waals surface area (Å²) < 4.78 is 4.78. The number of hydrogen-bond acceptors (Lipinski definition) is 4. The molecular formula is C12H8Cl2N2O4. The van der Waals surface area contributed by atoms with E-state index in [0.29, 0.717) is 5.76 Å². The Balaban J connectivity index is 2.33. The summed E-state index contributed by atoms with van der Waals surface area (Å²) in [6, 6.07) is 2.40. The van der Waals surface area contributed by atoms with Gasteiger partial charge in [-0.1, -0.05) is 28.4 Å². The second-order valence-corrected chi connectivity index (χ2v) is 4.68. The van der Waals surface area contributed by atoms with Gasteiger partial charge in [-0.25, -0.2) is 4.79 Å². The van der Waals surface area contributed by atoms with Crippen LogP contribution in [0.4, 0.5) is 5.69 Å². The fraction of sp³-hybridized carbons (Fsp3) is 0.0833. The highest BCUT2D eigenvalue weighted by atomic mass is 35.5. The van der Waals surface area contributed by atoms with Crippen molar-refractivity contribution in [2.75, 3.05) is 5.32 Å². The Labute approximate surface area is 123 Å². The summed E-state index contributed by atoms with van der Waals surface area (Å²) in [5.41, 5.74) is 0.294. The van der Waals surface area contributed by atoms with Crippen molar-refractivity contribution in [2.24, 2.45) is 0 Å². The molecule has 2 rings (SSSR count). The number of aryl methyl sites for hydroxylation is 1. The number of carbonyl (C=O) groups is 2. The van der Waals surface area contributed by atoms with Gasteiger partial charge in [0.25, 0.3) is 5.91 Å². The molecule has 8 heteroatoms. The van der Waals surface area contributed by atoms with E-state index in [-0.39, 0.29) is 26.9 Å². The molecule has 0 aliphatic rings. The zero-order chi connectivity index (χ0) is 14.9. The van der Waals surface area contributed by atoms with Crippen LogP contribution < -0.4 is 5.32 Å². The molecule has 0 saturated heterocycles. The number of halogens is 2. The van der Waals surface area contributed by atoms with E-state index in [9.17, 15) is 9.59 Å². The maximum absolute atomic E-state index is 12.0. The van der Waals surface area contributed by atoms with Crippen LogP contribution in [0.25, 0.3) is 0 Å². The van der Waals surface area contributed by atoms with Crippen molar-refractivity contribution >= 4 is 40.8 Å². The van der Waals surface area contributed by atoms with Gasteiger partial charge in [0.15, 0.2) is 0 Å². The lowest BCUT2D eigenvalue weighted by Crippen LogP contribution is -2.13. The molecule has 0 spiro atoms. The molecule has 20 heavy (non-hydrogen) atoms. The average molecular weight is 315 g/mol. The molecule has 2 aromatic rings. The first kappa shape index (κ1) is 14.4. The van der Waals surface area contributed by atoms with Gasteiger partial charge in [0.2, 0.25) is 0 Å². The minimum absolute atomic E-state index is 0.0253. The maximum Gasteiger partial charge on any atom is 0.335 e. The molecule has 1 heterocycles. The Bertz CT molecular complexity index is 674. The minimum atomic E-state index is -1.17. The van der Waals surface area contributed by atoms with Crippen molar-refractivity contribution in [1.29, 1.82) is 0 Å². The summed E-state index contributed by atoms with van der Waals surface area (Å²) in [6.45, 7) is 1.58. The van der Waals surface area contributed by atoms with Crippen molar-refractivity contribution in [3.8, 4) is 0 Å². The Morgan fingerprint density at radius 3 is 2.35 bits per heavy atom. The van der Waals surface area contributed by atoms with Crippen LogP contribution in [0.2, 0.25) is 10.0 Å². The first-order valence-corrected chi connectivity index (χ1v) is 6.10. The van der Waals surface area contributed by atoms with Crippen LogP contribution in [0.1, 0.15) is 26.5 Å². The number of carboxylic acids is 1. The number of nitrogens with zero attached hydrogens (tertiary/aromatic N) is 1. The van der Waals surface area contributed by atoms with E-state index in [1.54, 1.807) is 6.92 Å². The molecule has 0 aliphatic heterocycles. The molecule has 1 amide bonds. The minimum Gasteiger partial charge on any atom is -0.478 e. The molecule has 2 N–H and O–H groups in total. The van der Waals surface area contributed by atoms with Crippen molar-refractivity contribution in [1.82, 2.24) is 5.16 Å². The van der Waals surface area contributed by atoms with Gasteiger partial charge >= 0.3 is 5.97 Å². The van der Waals surface area contributed by atoms with Gasteiger partial charge in [0.1, 0.15) is 11.3 Å². The fourth-order valence-corrected chi connectivity index (χ4v) is 2.10. The molecule has 0 aliphatic carbocycles. The lowest BCUT2D eigenvalue weighted by molar-refractivity contribution is 0.0696. The van der Waals surface area contributed by atoms with Gasteiger partial charge in [-0.2, -0.15) is 0 Å². The molecule has 0 radical (unpaired) electrons. The van der Waals surface area contributed by atoms with E-state index in [0.717, 1.165) is 0 Å². The third kappa shape index (κ3) is 2.76. The normalized spacial score (nSPS) is 10.3. The zero-order valence-corrected chi connectivity index (χ0v) is 11.6. The number of rotatable bonds is 3. The summed E-state index contributed by atoms with van der Waals surface area (Å²) in [5, 5.41) is 14.9. The number of nitrogens with one attached hydrogen (secondary N) is 1. The van der Waals surface area contributed by atoms with E-state index in [2.05, 4.69) is 10.5 Å². The smallest absolute Gasteiger partial charge is 0.335 e. The van der Waals surface area contributed by atoms with Gasteiger partial charge in [0.05, 0.1) is 27.5 Å². The van der Waals surface area contributed by atoms with Crippen molar-refractivity contribution < 1.29 is 19.2 Å². The third-order valence-corrected chi connectivity index (χ3v) is 3.12. The maximum atomic E-state index is 12.0. The number of aromatic nitrogens is 1. The van der Waals surface area contributed by atoms with Crippen LogP contribution in [0.15, 0.2) is 22.9 Å². The molecule has 6 nitrogen and oxygen atoms in total. The second-order valence-electron chi connectivity index (χ2n) is 3.87. The Morgan fingerprint density at radius 2 is 1.90 bits per heavy atom. The van der Waals surface area contributed by atoms with Crippen molar-refractivity contribution in [3.05, 3.63) is 45.3 Å². The summed E-state index contributed by atoms with van der Waals surface area (Å²) in [5.74, 6) is -1.32. The summed E-state index contributed by atoms with van der Waals surface area (Å²) in [6.07, 6.45) is 1.26. The van der Waals surface area contributed by atoms with Crippen molar-refractivity contribution in [3.63, 3.8) is 0 Å². The largest absolute Gasteiger partial charge is 0.478 e. The number of hydrogen-bond donors (Lipinski definition) is 2. The summed E-state index contributed by atoms with van der Waals surface area (Å²) in [7, 11) is 0. The van der Waals surface area contributed by atoms with Crippen LogP contribution in [0.3, 0.4) is 0 Å². The number of anilines is 1. The summed E-state index contributed by atoms with van der Waals surface area (Å²) >= 11 is 11.8. The summed E-state index contributed by atoms with van der Waals surface area (Å²) in [4.78, 5) is 22.8. The van der Waals surface area contributed by atoms with Gasteiger partial charge in [-0.05, 0) is 19.1 Å². The highest BCUT2D eigenvalue weighted by Crippen LogP contribution is 2.32. The highest BCUT2D eigenvalue weighted by Gasteiger charge is 2.18. The average Bonchev–Trinajstić information content (AvgIpc) is 2.79. The van der Waals surface area contributed by atoms with Crippen LogP contribution >= 0.6 is 23.2 Å². The zero-order valence-electron chi connectivity index (χ0n) is 10.1. The van der Waals surface area contributed by atoms with Crippen LogP contribution in [-0.4, -0.2) is 22.1 Å². The predicted octanol–water partition coefficient (Wildman–Crippen LogP) is 3.24. The van der Waals surface area contributed by atoms with E-state index >= 15 is 0 Å². The molecule has 0 unspecified atom stereocenters. The molecular weight excluding hydrogens is 307 g/mol. The number of carbonyl (C=O) groups excluding carboxylic acids is 1. The predicted molar refractivity (Wildman–Crippen MR) is 72.6 cm³/mol. The second kappa shape index (κ2) is 5.52. The number of benzene rings is 1.